The molecule has 4 rings (SSSR count). The summed E-state index contributed by atoms with van der Waals surface area (Å²) in [6.07, 6.45) is 0.743. The number of urea groups is 1. The van der Waals surface area contributed by atoms with Gasteiger partial charge in [0.25, 0.3) is 5.89 Å². The molecule has 2 saturated heterocycles. The van der Waals surface area contributed by atoms with E-state index in [9.17, 15) is 33.6 Å². The van der Waals surface area contributed by atoms with Gasteiger partial charge in [0.15, 0.2) is 5.58 Å². The van der Waals surface area contributed by atoms with Gasteiger partial charge in [0, 0.05) is 19.5 Å². The number of nitrogens with one attached hydrogen (secondary N) is 2. The molecule has 1 aromatic heterocycles. The number of benzene rings is 1. The maximum atomic E-state index is 13.7. The SMILES string of the molecule is CC(C)[C@H](NC(=O)[C@@H]1CCCN1C(=O)[C@@H](NC(=O)CN1CCC(=O)N(CC(=O)O)C1=O)C(C)C)C(=O)c1nc2ccccc2o1. The maximum Gasteiger partial charge on any atom is 0.327 e. The highest BCUT2D eigenvalue weighted by Gasteiger charge is 2.41. The Kier molecular flexibility index (Phi) is 10.2. The van der Waals surface area contributed by atoms with Crippen LogP contribution < -0.4 is 10.6 Å². The van der Waals surface area contributed by atoms with Crippen molar-refractivity contribution < 1.29 is 43.1 Å². The molecule has 1 aromatic carbocycles. The normalized spacial score (nSPS) is 18.4. The van der Waals surface area contributed by atoms with Crippen molar-refractivity contribution in [3.8, 4) is 0 Å². The average molecular weight is 627 g/mol. The fourth-order valence-corrected chi connectivity index (χ4v) is 5.46. The second kappa shape index (κ2) is 13.9. The molecule has 3 heterocycles. The third kappa shape index (κ3) is 7.46. The van der Waals surface area contributed by atoms with Gasteiger partial charge in [0.1, 0.15) is 30.7 Å². The molecular formula is C30H38N6O9. The van der Waals surface area contributed by atoms with Crippen LogP contribution in [0.15, 0.2) is 28.7 Å². The van der Waals surface area contributed by atoms with Crippen LogP contribution in [0.5, 0.6) is 0 Å². The maximum absolute atomic E-state index is 13.7. The van der Waals surface area contributed by atoms with E-state index in [1.165, 1.54) is 4.90 Å². The first-order valence-electron chi connectivity index (χ1n) is 14.9. The lowest BCUT2D eigenvalue weighted by Gasteiger charge is -2.34. The minimum absolute atomic E-state index is 0.0742. The molecule has 15 nitrogen and oxygen atoms in total. The number of aromatic nitrogens is 1. The number of fused-ring (bicyclic) bond motifs is 1. The largest absolute Gasteiger partial charge is 0.480 e. The quantitative estimate of drug-likeness (QED) is 0.286. The fraction of sp³-hybridized carbons (Fsp3) is 0.533. The van der Waals surface area contributed by atoms with Crippen LogP contribution in [-0.4, -0.2) is 111 Å². The van der Waals surface area contributed by atoms with Crippen molar-refractivity contribution in [3.63, 3.8) is 0 Å². The Bertz CT molecular complexity index is 1470. The van der Waals surface area contributed by atoms with Gasteiger partial charge in [-0.2, -0.15) is 0 Å². The van der Waals surface area contributed by atoms with Gasteiger partial charge < -0.3 is 30.0 Å². The van der Waals surface area contributed by atoms with Crippen molar-refractivity contribution in [1.82, 2.24) is 30.3 Å². The molecule has 2 aliphatic rings. The van der Waals surface area contributed by atoms with Crippen LogP contribution in [0.4, 0.5) is 4.79 Å². The number of carboxylic acid groups (broad SMARTS) is 1. The van der Waals surface area contributed by atoms with E-state index in [0.29, 0.717) is 28.8 Å². The summed E-state index contributed by atoms with van der Waals surface area (Å²) < 4.78 is 5.62. The van der Waals surface area contributed by atoms with Crippen molar-refractivity contribution in [3.05, 3.63) is 30.2 Å². The highest BCUT2D eigenvalue weighted by atomic mass is 16.4. The van der Waals surface area contributed by atoms with Gasteiger partial charge in [-0.3, -0.25) is 33.7 Å². The number of carboxylic acids is 1. The van der Waals surface area contributed by atoms with Crippen molar-refractivity contribution in [2.24, 2.45) is 11.8 Å². The molecule has 0 bridgehead atoms. The van der Waals surface area contributed by atoms with Crippen LogP contribution in [0.2, 0.25) is 0 Å². The zero-order valence-corrected chi connectivity index (χ0v) is 25.6. The van der Waals surface area contributed by atoms with Crippen molar-refractivity contribution in [2.45, 2.75) is 65.1 Å². The first kappa shape index (κ1) is 33.1. The van der Waals surface area contributed by atoms with Crippen LogP contribution in [0.1, 0.15) is 57.6 Å². The second-order valence-electron chi connectivity index (χ2n) is 11.9. The molecule has 2 aromatic rings. The Hall–Kier alpha value is -4.82. The summed E-state index contributed by atoms with van der Waals surface area (Å²) in [4.78, 5) is 96.6. The number of Topliss-reactive ketones (excluding diaryl/α,β-unsaturated/α-hetero) is 1. The number of carbonyl (C=O) groups is 7. The van der Waals surface area contributed by atoms with Crippen LogP contribution in [0.25, 0.3) is 11.1 Å². The number of ketones is 1. The predicted molar refractivity (Wildman–Crippen MR) is 158 cm³/mol. The minimum atomic E-state index is -1.37. The number of oxazole rings is 1. The highest BCUT2D eigenvalue weighted by molar-refractivity contribution is 6.02. The highest BCUT2D eigenvalue weighted by Crippen LogP contribution is 2.23. The van der Waals surface area contributed by atoms with E-state index in [0.717, 1.165) is 4.90 Å². The summed E-state index contributed by atoms with van der Waals surface area (Å²) in [6, 6.07) is 3.14. The number of nitrogens with zero attached hydrogens (tertiary/aromatic N) is 4. The lowest BCUT2D eigenvalue weighted by atomic mass is 9.98. The molecule has 0 radical (unpaired) electrons. The van der Waals surface area contributed by atoms with Gasteiger partial charge in [-0.1, -0.05) is 39.8 Å². The number of likely N-dealkylation sites (tertiary alicyclic amines) is 1. The standard InChI is InChI=1S/C30H38N6O9/c1-16(2)24(26(41)28-31-18-8-5-6-10-20(18)45-28)33-27(42)19-9-7-12-35(19)29(43)25(17(3)4)32-21(37)14-34-13-11-22(38)36(30(34)44)15-23(39)40/h5-6,8,10,16-17,19,24-25H,7,9,11-15H2,1-4H3,(H,32,37)(H,33,42)(H,39,40)/t19-,24-,25-/m0/s1. The van der Waals surface area contributed by atoms with Crippen LogP contribution in [0.3, 0.4) is 0 Å². The third-order valence-electron chi connectivity index (χ3n) is 7.87. The third-order valence-corrected chi connectivity index (χ3v) is 7.87. The van der Waals surface area contributed by atoms with Gasteiger partial charge in [0.05, 0.1) is 6.04 Å². The molecule has 45 heavy (non-hydrogen) atoms. The van der Waals surface area contributed by atoms with E-state index in [-0.39, 0.29) is 31.3 Å². The molecule has 0 unspecified atom stereocenters. The molecule has 3 N–H and O–H groups in total. The summed E-state index contributed by atoms with van der Waals surface area (Å²) in [5.74, 6) is -5.02. The zero-order chi connectivity index (χ0) is 33.0. The predicted octanol–water partition coefficient (Wildman–Crippen LogP) is 1.02. The number of carbonyl (C=O) groups excluding carboxylic acids is 6. The van der Waals surface area contributed by atoms with Gasteiger partial charge in [-0.15, -0.1) is 0 Å². The van der Waals surface area contributed by atoms with E-state index in [1.54, 1.807) is 52.0 Å². The summed E-state index contributed by atoms with van der Waals surface area (Å²) in [5.41, 5.74) is 0.958. The lowest BCUT2D eigenvalue weighted by molar-refractivity contribution is -0.144. The van der Waals surface area contributed by atoms with Gasteiger partial charge >= 0.3 is 12.0 Å². The first-order chi connectivity index (χ1) is 21.3. The monoisotopic (exact) mass is 626 g/mol. The summed E-state index contributed by atoms with van der Waals surface area (Å²) in [7, 11) is 0. The van der Waals surface area contributed by atoms with Crippen molar-refractivity contribution in [1.29, 1.82) is 0 Å². The van der Waals surface area contributed by atoms with Gasteiger partial charge in [-0.25, -0.2) is 9.78 Å². The number of hydrogen-bond acceptors (Lipinski definition) is 9. The summed E-state index contributed by atoms with van der Waals surface area (Å²) in [6.45, 7) is 5.88. The molecule has 3 atom stereocenters. The van der Waals surface area contributed by atoms with E-state index >= 15 is 0 Å². The molecule has 15 heteroatoms. The number of aliphatic carboxylic acids is 1. The molecule has 0 aliphatic carbocycles. The van der Waals surface area contributed by atoms with E-state index in [2.05, 4.69) is 15.6 Å². The second-order valence-corrected chi connectivity index (χ2v) is 11.9. The van der Waals surface area contributed by atoms with Gasteiger partial charge in [-0.05, 0) is 36.8 Å². The molecule has 2 aliphatic heterocycles. The molecule has 6 amide bonds. The van der Waals surface area contributed by atoms with Gasteiger partial charge in [0.2, 0.25) is 29.4 Å². The van der Waals surface area contributed by atoms with E-state index in [4.69, 9.17) is 9.52 Å². The molecule has 2 fully saturated rings. The Balaban J connectivity index is 1.42. The Morgan fingerprint density at radius 3 is 2.31 bits per heavy atom. The summed E-state index contributed by atoms with van der Waals surface area (Å²) in [5, 5.41) is 14.5. The Morgan fingerprint density at radius 2 is 1.67 bits per heavy atom. The zero-order valence-electron chi connectivity index (χ0n) is 25.6. The number of amides is 6. The molecule has 0 spiro atoms. The van der Waals surface area contributed by atoms with E-state index < -0.39 is 78.5 Å². The summed E-state index contributed by atoms with van der Waals surface area (Å²) >= 11 is 0. The van der Waals surface area contributed by atoms with E-state index in [1.807, 2.05) is 0 Å². The van der Waals surface area contributed by atoms with Crippen molar-refractivity contribution in [2.75, 3.05) is 26.2 Å². The van der Waals surface area contributed by atoms with Crippen LogP contribution in [-0.2, 0) is 24.0 Å². The Labute approximate surface area is 259 Å². The molecule has 242 valence electrons. The number of hydrogen-bond donors (Lipinski definition) is 3. The first-order valence-corrected chi connectivity index (χ1v) is 14.9. The molecular weight excluding hydrogens is 588 g/mol. The number of rotatable bonds is 12. The smallest absolute Gasteiger partial charge is 0.327 e. The van der Waals surface area contributed by atoms with Crippen molar-refractivity contribution >= 4 is 52.5 Å². The topological polar surface area (TPSA) is 200 Å². The minimum Gasteiger partial charge on any atom is -0.480 e. The molecule has 0 saturated carbocycles. The van der Waals surface area contributed by atoms with Crippen LogP contribution in [0, 0.1) is 11.8 Å². The van der Waals surface area contributed by atoms with Crippen LogP contribution >= 0.6 is 0 Å². The average Bonchev–Trinajstić information content (AvgIpc) is 3.65. The fourth-order valence-electron chi connectivity index (χ4n) is 5.46. The Morgan fingerprint density at radius 1 is 0.978 bits per heavy atom. The number of imide groups is 1. The lowest BCUT2D eigenvalue weighted by Crippen LogP contribution is -2.59. The number of para-hydroxylation sites is 2.